The first-order valence-corrected chi connectivity index (χ1v) is 8.78. The lowest BCUT2D eigenvalue weighted by molar-refractivity contribution is 0.510. The van der Waals surface area contributed by atoms with Gasteiger partial charge in [-0.15, -0.1) is 11.8 Å². The Morgan fingerprint density at radius 3 is 3.04 bits per heavy atom. The molecule has 1 atom stereocenters. The summed E-state index contributed by atoms with van der Waals surface area (Å²) in [5.74, 6) is 1.98. The van der Waals surface area contributed by atoms with Crippen LogP contribution in [-0.2, 0) is 6.54 Å². The van der Waals surface area contributed by atoms with Gasteiger partial charge in [-0.3, -0.25) is 5.10 Å². The lowest BCUT2D eigenvalue weighted by atomic mass is 10.0. The van der Waals surface area contributed by atoms with Gasteiger partial charge in [0.1, 0.15) is 6.33 Å². The van der Waals surface area contributed by atoms with Crippen molar-refractivity contribution in [2.75, 3.05) is 5.75 Å². The molecule has 0 bridgehead atoms. The van der Waals surface area contributed by atoms with E-state index in [1.54, 1.807) is 0 Å². The molecule has 116 valence electrons. The van der Waals surface area contributed by atoms with Crippen LogP contribution in [0, 0.1) is 0 Å². The third-order valence-corrected chi connectivity index (χ3v) is 5.25. The number of nitrogens with one attached hydrogen (secondary N) is 2. The van der Waals surface area contributed by atoms with Gasteiger partial charge >= 0.3 is 0 Å². The van der Waals surface area contributed by atoms with Gasteiger partial charge in [0.05, 0.1) is 0 Å². The van der Waals surface area contributed by atoms with Gasteiger partial charge in [0.15, 0.2) is 5.82 Å². The molecule has 5 heteroatoms. The van der Waals surface area contributed by atoms with Crippen molar-refractivity contribution in [3.05, 3.63) is 66.0 Å². The van der Waals surface area contributed by atoms with Crippen LogP contribution in [-0.4, -0.2) is 20.9 Å². The molecule has 0 aliphatic carbocycles. The van der Waals surface area contributed by atoms with Crippen LogP contribution in [0.4, 0.5) is 0 Å². The number of fused-ring (bicyclic) bond motifs is 1. The summed E-state index contributed by atoms with van der Waals surface area (Å²) in [4.78, 5) is 5.63. The third kappa shape index (κ3) is 3.16. The number of nitrogens with zero attached hydrogens (tertiary/aromatic N) is 2. The summed E-state index contributed by atoms with van der Waals surface area (Å²) in [5, 5.41) is 10.5. The van der Waals surface area contributed by atoms with Crippen LogP contribution in [0.1, 0.15) is 23.6 Å². The molecule has 1 aliphatic rings. The predicted octanol–water partition coefficient (Wildman–Crippen LogP) is 3.80. The molecule has 3 aromatic rings. The summed E-state index contributed by atoms with van der Waals surface area (Å²) < 4.78 is 0. The fraction of sp³-hybridized carbons (Fsp3) is 0.222. The normalized spacial score (nSPS) is 17.0. The third-order valence-electron chi connectivity index (χ3n) is 4.13. The maximum Gasteiger partial charge on any atom is 0.155 e. The van der Waals surface area contributed by atoms with Crippen LogP contribution in [0.2, 0.25) is 0 Å². The molecular weight excluding hydrogens is 304 g/mol. The summed E-state index contributed by atoms with van der Waals surface area (Å²) >= 11 is 1.96. The molecule has 0 saturated heterocycles. The van der Waals surface area contributed by atoms with Gasteiger partial charge in [0.2, 0.25) is 0 Å². The summed E-state index contributed by atoms with van der Waals surface area (Å²) in [6.45, 7) is 0.853. The van der Waals surface area contributed by atoms with Crippen molar-refractivity contribution < 1.29 is 0 Å². The Balaban J connectivity index is 1.49. The number of hydrogen-bond acceptors (Lipinski definition) is 4. The van der Waals surface area contributed by atoms with E-state index in [2.05, 4.69) is 69.0 Å². The van der Waals surface area contributed by atoms with E-state index in [-0.39, 0.29) is 0 Å². The van der Waals surface area contributed by atoms with Crippen molar-refractivity contribution in [2.45, 2.75) is 23.9 Å². The Bertz CT molecular complexity index is 785. The van der Waals surface area contributed by atoms with E-state index in [4.69, 9.17) is 0 Å². The van der Waals surface area contributed by atoms with Crippen LogP contribution in [0.15, 0.2) is 59.8 Å². The Labute approximate surface area is 139 Å². The van der Waals surface area contributed by atoms with Crippen LogP contribution in [0.3, 0.4) is 0 Å². The maximum absolute atomic E-state index is 4.22. The molecule has 4 rings (SSSR count). The first-order valence-electron chi connectivity index (χ1n) is 7.80. The standard InChI is InChI=1S/C18H18N4S/c1-2-7-17-15(6-1)16(8-9-23-17)19-11-13-4-3-5-14(10-13)18-20-12-21-22-18/h1-7,10,12,16,19H,8-9,11H2,(H,20,21,22)/t16-/m0/s1. The van der Waals surface area contributed by atoms with E-state index in [0.29, 0.717) is 6.04 Å². The van der Waals surface area contributed by atoms with E-state index in [1.807, 2.05) is 11.8 Å². The number of thioether (sulfide) groups is 1. The lowest BCUT2D eigenvalue weighted by Crippen LogP contribution is -2.24. The van der Waals surface area contributed by atoms with Gasteiger partial charge in [-0.1, -0.05) is 36.4 Å². The van der Waals surface area contributed by atoms with Gasteiger partial charge < -0.3 is 5.32 Å². The minimum absolute atomic E-state index is 0.432. The average Bonchev–Trinajstić information content (AvgIpc) is 3.15. The number of benzene rings is 2. The minimum atomic E-state index is 0.432. The Morgan fingerprint density at radius 1 is 1.17 bits per heavy atom. The van der Waals surface area contributed by atoms with Crippen LogP contribution in [0.25, 0.3) is 11.4 Å². The first kappa shape index (κ1) is 14.5. The van der Waals surface area contributed by atoms with Crippen LogP contribution in [0.5, 0.6) is 0 Å². The Kier molecular flexibility index (Phi) is 4.13. The highest BCUT2D eigenvalue weighted by Crippen LogP contribution is 2.35. The largest absolute Gasteiger partial charge is 0.306 e. The van der Waals surface area contributed by atoms with Crippen molar-refractivity contribution in [1.29, 1.82) is 0 Å². The summed E-state index contributed by atoms with van der Waals surface area (Å²) in [7, 11) is 0. The lowest BCUT2D eigenvalue weighted by Gasteiger charge is -2.26. The minimum Gasteiger partial charge on any atom is -0.306 e. The van der Waals surface area contributed by atoms with Crippen molar-refractivity contribution in [3.8, 4) is 11.4 Å². The van der Waals surface area contributed by atoms with E-state index < -0.39 is 0 Å². The predicted molar refractivity (Wildman–Crippen MR) is 93.2 cm³/mol. The highest BCUT2D eigenvalue weighted by Gasteiger charge is 2.19. The van der Waals surface area contributed by atoms with Crippen molar-refractivity contribution in [1.82, 2.24) is 20.5 Å². The van der Waals surface area contributed by atoms with Gasteiger partial charge in [-0.05, 0) is 35.4 Å². The summed E-state index contributed by atoms with van der Waals surface area (Å²) in [6.07, 6.45) is 2.71. The summed E-state index contributed by atoms with van der Waals surface area (Å²) in [5.41, 5.74) is 3.76. The molecule has 4 nitrogen and oxygen atoms in total. The van der Waals surface area contributed by atoms with Crippen molar-refractivity contribution in [2.24, 2.45) is 0 Å². The number of aromatic amines is 1. The molecule has 0 fully saturated rings. The second-order valence-electron chi connectivity index (χ2n) is 5.64. The number of aromatic nitrogens is 3. The topological polar surface area (TPSA) is 53.6 Å². The first-order chi connectivity index (χ1) is 11.4. The number of H-pyrrole nitrogens is 1. The SMILES string of the molecule is c1cc(CN[C@H]2CCSc3ccccc32)cc(-c2ncn[nH]2)c1. The van der Waals surface area contributed by atoms with E-state index in [9.17, 15) is 0 Å². The quantitative estimate of drug-likeness (QED) is 0.767. The second kappa shape index (κ2) is 6.56. The Morgan fingerprint density at radius 2 is 2.13 bits per heavy atom. The molecule has 0 saturated carbocycles. The molecule has 2 heterocycles. The average molecular weight is 322 g/mol. The van der Waals surface area contributed by atoms with Gasteiger partial charge in [0, 0.05) is 23.0 Å². The summed E-state index contributed by atoms with van der Waals surface area (Å²) in [6, 6.07) is 17.6. The van der Waals surface area contributed by atoms with Gasteiger partial charge in [-0.2, -0.15) is 5.10 Å². The molecule has 0 radical (unpaired) electrons. The van der Waals surface area contributed by atoms with E-state index in [0.717, 1.165) is 17.9 Å². The van der Waals surface area contributed by atoms with Crippen molar-refractivity contribution in [3.63, 3.8) is 0 Å². The van der Waals surface area contributed by atoms with Crippen LogP contribution < -0.4 is 5.32 Å². The molecule has 1 aliphatic heterocycles. The highest BCUT2D eigenvalue weighted by atomic mass is 32.2. The Hall–Kier alpha value is -2.11. The molecule has 2 N–H and O–H groups in total. The molecule has 0 amide bonds. The van der Waals surface area contributed by atoms with E-state index >= 15 is 0 Å². The molecule has 23 heavy (non-hydrogen) atoms. The van der Waals surface area contributed by atoms with Gasteiger partial charge in [0.25, 0.3) is 0 Å². The van der Waals surface area contributed by atoms with Gasteiger partial charge in [-0.25, -0.2) is 4.98 Å². The molecule has 2 aromatic carbocycles. The second-order valence-corrected chi connectivity index (χ2v) is 6.78. The molecule has 0 unspecified atom stereocenters. The highest BCUT2D eigenvalue weighted by molar-refractivity contribution is 7.99. The fourth-order valence-electron chi connectivity index (χ4n) is 2.97. The molecule has 0 spiro atoms. The number of rotatable bonds is 4. The van der Waals surface area contributed by atoms with E-state index in [1.165, 1.54) is 34.5 Å². The number of hydrogen-bond donors (Lipinski definition) is 2. The van der Waals surface area contributed by atoms with Crippen molar-refractivity contribution >= 4 is 11.8 Å². The zero-order valence-electron chi connectivity index (χ0n) is 12.7. The maximum atomic E-state index is 4.22. The molecule has 1 aromatic heterocycles. The monoisotopic (exact) mass is 322 g/mol. The molecular formula is C18H18N4S. The smallest absolute Gasteiger partial charge is 0.155 e. The zero-order valence-corrected chi connectivity index (χ0v) is 13.5. The fourth-order valence-corrected chi connectivity index (χ4v) is 4.09. The zero-order chi connectivity index (χ0) is 15.5. The van der Waals surface area contributed by atoms with Crippen LogP contribution >= 0.6 is 11.8 Å².